The maximum absolute atomic E-state index is 13.1. The van der Waals surface area contributed by atoms with E-state index in [1.807, 2.05) is 0 Å². The van der Waals surface area contributed by atoms with Gasteiger partial charge in [-0.1, -0.05) is 19.8 Å². The summed E-state index contributed by atoms with van der Waals surface area (Å²) in [6.45, 7) is 2.21. The minimum atomic E-state index is -0.397. The second-order valence-corrected chi connectivity index (χ2v) is 5.05. The van der Waals surface area contributed by atoms with Gasteiger partial charge in [0, 0.05) is 17.2 Å². The third-order valence-electron chi connectivity index (χ3n) is 3.67. The zero-order chi connectivity index (χ0) is 12.4. The molecule has 2 rings (SSSR count). The molecular formula is C14H18FNO. The van der Waals surface area contributed by atoms with Gasteiger partial charge in [-0.3, -0.25) is 4.79 Å². The van der Waals surface area contributed by atoms with Gasteiger partial charge in [0.05, 0.1) is 0 Å². The van der Waals surface area contributed by atoms with Crippen LogP contribution < -0.4 is 5.73 Å². The Morgan fingerprint density at radius 1 is 1.29 bits per heavy atom. The van der Waals surface area contributed by atoms with Crippen LogP contribution >= 0.6 is 0 Å². The van der Waals surface area contributed by atoms with E-state index in [4.69, 9.17) is 5.73 Å². The molecule has 2 nitrogen and oxygen atoms in total. The van der Waals surface area contributed by atoms with Crippen LogP contribution in [-0.2, 0) is 0 Å². The second kappa shape index (κ2) is 4.86. The van der Waals surface area contributed by atoms with Gasteiger partial charge in [0.2, 0.25) is 0 Å². The number of rotatable bonds is 2. The Labute approximate surface area is 101 Å². The van der Waals surface area contributed by atoms with Gasteiger partial charge in [-0.25, -0.2) is 4.39 Å². The first-order valence-electron chi connectivity index (χ1n) is 6.17. The van der Waals surface area contributed by atoms with Crippen molar-refractivity contribution in [1.29, 1.82) is 0 Å². The van der Waals surface area contributed by atoms with Gasteiger partial charge in [-0.05, 0) is 37.0 Å². The molecule has 1 aliphatic carbocycles. The molecule has 92 valence electrons. The van der Waals surface area contributed by atoms with Gasteiger partial charge in [0.15, 0.2) is 5.78 Å². The van der Waals surface area contributed by atoms with Crippen LogP contribution in [0.1, 0.15) is 43.0 Å². The van der Waals surface area contributed by atoms with E-state index in [2.05, 4.69) is 6.92 Å². The van der Waals surface area contributed by atoms with Crippen molar-refractivity contribution in [1.82, 2.24) is 0 Å². The number of halogens is 1. The number of benzene rings is 1. The van der Waals surface area contributed by atoms with Crippen molar-refractivity contribution >= 4 is 11.5 Å². The van der Waals surface area contributed by atoms with Gasteiger partial charge >= 0.3 is 0 Å². The number of nitrogen functional groups attached to an aromatic ring is 1. The fraction of sp³-hybridized carbons (Fsp3) is 0.500. The number of anilines is 1. The lowest BCUT2D eigenvalue weighted by molar-refractivity contribution is 0.0876. The molecule has 0 aromatic heterocycles. The maximum Gasteiger partial charge on any atom is 0.168 e. The molecule has 0 unspecified atom stereocenters. The lowest BCUT2D eigenvalue weighted by atomic mass is 9.79. The minimum absolute atomic E-state index is 0.00824. The topological polar surface area (TPSA) is 43.1 Å². The Kier molecular flexibility index (Phi) is 3.46. The largest absolute Gasteiger partial charge is 0.398 e. The molecule has 0 bridgehead atoms. The summed E-state index contributed by atoms with van der Waals surface area (Å²) >= 11 is 0. The van der Waals surface area contributed by atoms with Crippen molar-refractivity contribution < 1.29 is 9.18 Å². The molecule has 1 fully saturated rings. The lowest BCUT2D eigenvalue weighted by Gasteiger charge is -2.25. The fourth-order valence-corrected chi connectivity index (χ4v) is 2.48. The average Bonchev–Trinajstić information content (AvgIpc) is 2.32. The molecular weight excluding hydrogens is 217 g/mol. The summed E-state index contributed by atoms with van der Waals surface area (Å²) in [7, 11) is 0. The van der Waals surface area contributed by atoms with Crippen LogP contribution in [0.2, 0.25) is 0 Å². The number of Topliss-reactive ketones (excluding diaryl/α,β-unsaturated/α-hetero) is 1. The third-order valence-corrected chi connectivity index (χ3v) is 3.67. The monoisotopic (exact) mass is 235 g/mol. The van der Waals surface area contributed by atoms with E-state index in [0.717, 1.165) is 25.7 Å². The van der Waals surface area contributed by atoms with Gasteiger partial charge in [0.25, 0.3) is 0 Å². The van der Waals surface area contributed by atoms with E-state index >= 15 is 0 Å². The van der Waals surface area contributed by atoms with E-state index in [9.17, 15) is 9.18 Å². The Balaban J connectivity index is 2.16. The van der Waals surface area contributed by atoms with Crippen molar-refractivity contribution in [3.05, 3.63) is 29.6 Å². The lowest BCUT2D eigenvalue weighted by Crippen LogP contribution is -2.21. The van der Waals surface area contributed by atoms with E-state index in [1.165, 1.54) is 18.2 Å². The number of hydrogen-bond donors (Lipinski definition) is 1. The summed E-state index contributed by atoms with van der Waals surface area (Å²) in [6.07, 6.45) is 3.95. The second-order valence-electron chi connectivity index (χ2n) is 5.05. The highest BCUT2D eigenvalue weighted by molar-refractivity contribution is 6.02. The third kappa shape index (κ3) is 2.65. The van der Waals surface area contributed by atoms with Gasteiger partial charge in [0.1, 0.15) is 5.82 Å². The molecule has 0 amide bonds. The molecule has 0 heterocycles. The Morgan fingerprint density at radius 2 is 1.94 bits per heavy atom. The average molecular weight is 235 g/mol. The molecule has 0 atom stereocenters. The number of carbonyl (C=O) groups excluding carboxylic acids is 1. The Bertz CT molecular complexity index is 422. The smallest absolute Gasteiger partial charge is 0.168 e. The first-order chi connectivity index (χ1) is 8.08. The summed E-state index contributed by atoms with van der Waals surface area (Å²) in [6, 6.07) is 4.01. The quantitative estimate of drug-likeness (QED) is 0.630. The summed E-state index contributed by atoms with van der Waals surface area (Å²) < 4.78 is 13.1. The maximum atomic E-state index is 13.1. The molecule has 3 heteroatoms. The predicted molar refractivity (Wildman–Crippen MR) is 66.3 cm³/mol. The van der Waals surface area contributed by atoms with Gasteiger partial charge < -0.3 is 5.73 Å². The van der Waals surface area contributed by atoms with Crippen LogP contribution in [0.3, 0.4) is 0 Å². The summed E-state index contributed by atoms with van der Waals surface area (Å²) in [5.74, 6) is 0.333. The molecule has 0 aliphatic heterocycles. The van der Waals surface area contributed by atoms with Crippen molar-refractivity contribution in [2.45, 2.75) is 32.6 Å². The van der Waals surface area contributed by atoms with E-state index < -0.39 is 5.82 Å². The molecule has 1 aromatic carbocycles. The highest BCUT2D eigenvalue weighted by Gasteiger charge is 2.26. The van der Waals surface area contributed by atoms with E-state index in [-0.39, 0.29) is 11.7 Å². The molecule has 0 saturated heterocycles. The summed E-state index contributed by atoms with van der Waals surface area (Å²) in [5, 5.41) is 0. The molecule has 1 aliphatic rings. The highest BCUT2D eigenvalue weighted by atomic mass is 19.1. The number of ketones is 1. The molecule has 1 saturated carbocycles. The van der Waals surface area contributed by atoms with Crippen molar-refractivity contribution in [2.75, 3.05) is 5.73 Å². The standard InChI is InChI=1S/C14H18FNO/c1-9-2-4-10(5-3-9)14(17)12-8-11(15)6-7-13(12)16/h6-10H,2-5,16H2,1H3. The SMILES string of the molecule is CC1CCC(C(=O)c2cc(F)ccc2N)CC1. The van der Waals surface area contributed by atoms with Crippen molar-refractivity contribution in [3.8, 4) is 0 Å². The fourth-order valence-electron chi connectivity index (χ4n) is 2.48. The van der Waals surface area contributed by atoms with Crippen molar-refractivity contribution in [3.63, 3.8) is 0 Å². The number of carbonyl (C=O) groups is 1. The number of hydrogen-bond acceptors (Lipinski definition) is 2. The van der Waals surface area contributed by atoms with Crippen molar-refractivity contribution in [2.24, 2.45) is 11.8 Å². The molecule has 0 radical (unpaired) electrons. The highest BCUT2D eigenvalue weighted by Crippen LogP contribution is 2.31. The van der Waals surface area contributed by atoms with E-state index in [0.29, 0.717) is 17.2 Å². The van der Waals surface area contributed by atoms with Crippen LogP contribution in [0, 0.1) is 17.7 Å². The van der Waals surface area contributed by atoms with Gasteiger partial charge in [-0.2, -0.15) is 0 Å². The van der Waals surface area contributed by atoms with Crippen LogP contribution in [0.15, 0.2) is 18.2 Å². The first kappa shape index (κ1) is 12.1. The van der Waals surface area contributed by atoms with E-state index in [1.54, 1.807) is 0 Å². The molecule has 0 spiro atoms. The van der Waals surface area contributed by atoms with Gasteiger partial charge in [-0.15, -0.1) is 0 Å². The number of nitrogens with two attached hydrogens (primary N) is 1. The summed E-state index contributed by atoms with van der Waals surface area (Å²) in [5.41, 5.74) is 6.47. The first-order valence-corrected chi connectivity index (χ1v) is 6.17. The Hall–Kier alpha value is -1.38. The van der Waals surface area contributed by atoms with Crippen LogP contribution in [0.4, 0.5) is 10.1 Å². The normalized spacial score (nSPS) is 24.6. The zero-order valence-electron chi connectivity index (χ0n) is 10.1. The predicted octanol–water partition coefficient (Wildman–Crippen LogP) is 3.42. The summed E-state index contributed by atoms with van der Waals surface area (Å²) in [4.78, 5) is 12.2. The van der Waals surface area contributed by atoms with Crippen LogP contribution in [-0.4, -0.2) is 5.78 Å². The molecule has 2 N–H and O–H groups in total. The van der Waals surface area contributed by atoms with Crippen LogP contribution in [0.5, 0.6) is 0 Å². The molecule has 17 heavy (non-hydrogen) atoms. The zero-order valence-corrected chi connectivity index (χ0v) is 10.1. The molecule has 1 aromatic rings. The Morgan fingerprint density at radius 3 is 2.59 bits per heavy atom. The van der Waals surface area contributed by atoms with Crippen LogP contribution in [0.25, 0.3) is 0 Å². The minimum Gasteiger partial charge on any atom is -0.398 e.